The molecule has 3 atom stereocenters. The molecule has 2 heterocycles. The highest BCUT2D eigenvalue weighted by atomic mass is 35.5. The Hall–Kier alpha value is -2.18. The monoisotopic (exact) mass is 374 g/mol. The molecule has 0 spiro atoms. The number of fused-ring (bicyclic) bond motifs is 1. The molecule has 1 aliphatic carbocycles. The highest BCUT2D eigenvalue weighted by Gasteiger charge is 2.38. The molecule has 1 saturated heterocycles. The fraction of sp³-hybridized carbons (Fsp3) is 0.421. The normalized spacial score (nSPS) is 23.8. The summed E-state index contributed by atoms with van der Waals surface area (Å²) in [5, 5.41) is 14.7. The first-order valence-electron chi connectivity index (χ1n) is 8.76. The van der Waals surface area contributed by atoms with Gasteiger partial charge in [-0.25, -0.2) is 0 Å². The Kier molecular flexibility index (Phi) is 5.74. The summed E-state index contributed by atoms with van der Waals surface area (Å²) in [4.78, 5) is 11.1. The molecule has 1 aromatic carbocycles. The van der Waals surface area contributed by atoms with Crippen molar-refractivity contribution in [1.82, 2.24) is 15.5 Å². The smallest absolute Gasteiger partial charge is 0.233 e. The van der Waals surface area contributed by atoms with Crippen LogP contribution in [-0.4, -0.2) is 35.3 Å². The van der Waals surface area contributed by atoms with Gasteiger partial charge in [-0.1, -0.05) is 12.1 Å². The first-order valence-corrected chi connectivity index (χ1v) is 8.76. The zero-order valence-corrected chi connectivity index (χ0v) is 15.5. The summed E-state index contributed by atoms with van der Waals surface area (Å²) in [6, 6.07) is 11.4. The zero-order valence-electron chi connectivity index (χ0n) is 14.6. The van der Waals surface area contributed by atoms with Crippen molar-refractivity contribution in [3.8, 4) is 17.1 Å². The van der Waals surface area contributed by atoms with Gasteiger partial charge in [0.2, 0.25) is 11.8 Å². The molecule has 7 heteroatoms. The summed E-state index contributed by atoms with van der Waals surface area (Å²) in [7, 11) is 0. The number of benzene rings is 1. The maximum atomic E-state index is 11.1. The van der Waals surface area contributed by atoms with Crippen LogP contribution in [0.25, 0.3) is 11.3 Å². The number of carbonyl (C=O) groups is 1. The number of rotatable bonds is 4. The summed E-state index contributed by atoms with van der Waals surface area (Å²) in [6.45, 7) is 3.72. The summed E-state index contributed by atoms with van der Waals surface area (Å²) >= 11 is 0. The number of anilines is 1. The Morgan fingerprint density at radius 3 is 2.35 bits per heavy atom. The second-order valence-corrected chi connectivity index (χ2v) is 6.91. The van der Waals surface area contributed by atoms with Crippen LogP contribution < -0.4 is 15.4 Å². The number of hydrogen-bond donors (Lipinski definition) is 2. The molecule has 4 rings (SSSR count). The van der Waals surface area contributed by atoms with Crippen LogP contribution in [0.3, 0.4) is 0 Å². The van der Waals surface area contributed by atoms with Gasteiger partial charge < -0.3 is 15.4 Å². The standard InChI is InChI=1S/C19H22N4O2.ClH/c1-12(24)21-16-4-2-13(3-5-16)18-6-7-19(23-22-18)25-17-8-14-10-20-11-15(14)9-17;/h2-7,14-15,17,20H,8-11H2,1H3,(H,21,24);1H/t14-,15+,17+;. The first-order chi connectivity index (χ1) is 12.2. The van der Waals surface area contributed by atoms with Gasteiger partial charge in [-0.05, 0) is 56.0 Å². The average Bonchev–Trinajstić information content (AvgIpc) is 3.17. The lowest BCUT2D eigenvalue weighted by molar-refractivity contribution is -0.114. The number of halogens is 1. The lowest BCUT2D eigenvalue weighted by Crippen LogP contribution is -2.19. The van der Waals surface area contributed by atoms with Gasteiger partial charge in [0.1, 0.15) is 6.10 Å². The Bertz CT molecular complexity index is 739. The molecule has 6 nitrogen and oxygen atoms in total. The van der Waals surface area contributed by atoms with Crippen LogP contribution in [0.4, 0.5) is 5.69 Å². The molecule has 2 N–H and O–H groups in total. The molecule has 2 aromatic rings. The van der Waals surface area contributed by atoms with E-state index in [1.807, 2.05) is 36.4 Å². The fourth-order valence-corrected chi connectivity index (χ4v) is 3.84. The Balaban J connectivity index is 0.00000196. The topological polar surface area (TPSA) is 76.1 Å². The third-order valence-corrected chi connectivity index (χ3v) is 5.04. The maximum absolute atomic E-state index is 11.1. The van der Waals surface area contributed by atoms with Crippen molar-refractivity contribution < 1.29 is 9.53 Å². The van der Waals surface area contributed by atoms with E-state index in [4.69, 9.17) is 4.74 Å². The largest absolute Gasteiger partial charge is 0.473 e. The van der Waals surface area contributed by atoms with Gasteiger partial charge in [0.25, 0.3) is 0 Å². The molecule has 0 unspecified atom stereocenters. The van der Waals surface area contributed by atoms with E-state index in [-0.39, 0.29) is 24.4 Å². The lowest BCUT2D eigenvalue weighted by atomic mass is 10.0. The second kappa shape index (κ2) is 8.01. The predicted octanol–water partition coefficient (Wildman–Crippen LogP) is 2.90. The molecule has 1 amide bonds. The van der Waals surface area contributed by atoms with Gasteiger partial charge in [-0.2, -0.15) is 0 Å². The van der Waals surface area contributed by atoms with Crippen LogP contribution in [0.2, 0.25) is 0 Å². The molecule has 2 fully saturated rings. The van der Waals surface area contributed by atoms with Gasteiger partial charge >= 0.3 is 0 Å². The van der Waals surface area contributed by atoms with Gasteiger partial charge in [0.15, 0.2) is 0 Å². The molecule has 1 aromatic heterocycles. The summed E-state index contributed by atoms with van der Waals surface area (Å²) in [6.07, 6.45) is 2.46. The Morgan fingerprint density at radius 1 is 1.08 bits per heavy atom. The van der Waals surface area contributed by atoms with Crippen LogP contribution >= 0.6 is 12.4 Å². The highest BCUT2D eigenvalue weighted by molar-refractivity contribution is 5.88. The van der Waals surface area contributed by atoms with E-state index < -0.39 is 0 Å². The molecule has 138 valence electrons. The molecule has 0 bridgehead atoms. The quantitative estimate of drug-likeness (QED) is 0.860. The fourth-order valence-electron chi connectivity index (χ4n) is 3.84. The van der Waals surface area contributed by atoms with Crippen molar-refractivity contribution in [2.75, 3.05) is 18.4 Å². The Morgan fingerprint density at radius 2 is 1.77 bits per heavy atom. The molecule has 0 radical (unpaired) electrons. The van der Waals surface area contributed by atoms with E-state index in [0.29, 0.717) is 5.88 Å². The van der Waals surface area contributed by atoms with Crippen LogP contribution in [0.15, 0.2) is 36.4 Å². The van der Waals surface area contributed by atoms with Crippen molar-refractivity contribution in [2.24, 2.45) is 11.8 Å². The molecule has 1 aliphatic heterocycles. The minimum atomic E-state index is -0.0825. The number of hydrogen-bond acceptors (Lipinski definition) is 5. The number of nitrogens with zero attached hydrogens (tertiary/aromatic N) is 2. The van der Waals surface area contributed by atoms with E-state index in [0.717, 1.165) is 54.7 Å². The van der Waals surface area contributed by atoms with E-state index >= 15 is 0 Å². The van der Waals surface area contributed by atoms with Gasteiger partial charge in [0.05, 0.1) is 5.69 Å². The van der Waals surface area contributed by atoms with Crippen LogP contribution in [0, 0.1) is 11.8 Å². The average molecular weight is 375 g/mol. The van der Waals surface area contributed by atoms with E-state index in [2.05, 4.69) is 20.8 Å². The van der Waals surface area contributed by atoms with Crippen molar-refractivity contribution in [3.05, 3.63) is 36.4 Å². The minimum Gasteiger partial charge on any atom is -0.473 e. The molecule has 1 saturated carbocycles. The lowest BCUT2D eigenvalue weighted by Gasteiger charge is -2.13. The number of ether oxygens (including phenoxy) is 1. The third kappa shape index (κ3) is 4.14. The highest BCUT2D eigenvalue weighted by Crippen LogP contribution is 2.36. The van der Waals surface area contributed by atoms with Gasteiger partial charge in [-0.15, -0.1) is 22.6 Å². The summed E-state index contributed by atoms with van der Waals surface area (Å²) < 4.78 is 6.02. The van der Waals surface area contributed by atoms with Gasteiger partial charge in [0, 0.05) is 24.2 Å². The third-order valence-electron chi connectivity index (χ3n) is 5.04. The van der Waals surface area contributed by atoms with Crippen LogP contribution in [0.5, 0.6) is 5.88 Å². The first kappa shape index (κ1) is 18.6. The second-order valence-electron chi connectivity index (χ2n) is 6.91. The number of amides is 1. The zero-order chi connectivity index (χ0) is 17.2. The number of carbonyl (C=O) groups excluding carboxylic acids is 1. The van der Waals surface area contributed by atoms with E-state index in [1.165, 1.54) is 6.92 Å². The van der Waals surface area contributed by atoms with Crippen LogP contribution in [0.1, 0.15) is 19.8 Å². The minimum absolute atomic E-state index is 0. The van der Waals surface area contributed by atoms with Crippen molar-refractivity contribution in [2.45, 2.75) is 25.9 Å². The maximum Gasteiger partial charge on any atom is 0.233 e. The summed E-state index contributed by atoms with van der Waals surface area (Å²) in [5.74, 6) is 2.01. The molecule has 2 aliphatic rings. The number of aromatic nitrogens is 2. The van der Waals surface area contributed by atoms with E-state index in [9.17, 15) is 4.79 Å². The van der Waals surface area contributed by atoms with Crippen molar-refractivity contribution >= 4 is 24.0 Å². The van der Waals surface area contributed by atoms with Gasteiger partial charge in [-0.3, -0.25) is 4.79 Å². The van der Waals surface area contributed by atoms with Crippen molar-refractivity contribution in [1.29, 1.82) is 0 Å². The van der Waals surface area contributed by atoms with E-state index in [1.54, 1.807) is 0 Å². The molecular weight excluding hydrogens is 352 g/mol. The predicted molar refractivity (Wildman–Crippen MR) is 103 cm³/mol. The van der Waals surface area contributed by atoms with Crippen LogP contribution in [-0.2, 0) is 4.79 Å². The number of nitrogens with one attached hydrogen (secondary N) is 2. The molecular formula is C19H23ClN4O2. The summed E-state index contributed by atoms with van der Waals surface area (Å²) in [5.41, 5.74) is 2.51. The Labute approximate surface area is 159 Å². The molecule has 26 heavy (non-hydrogen) atoms. The SMILES string of the molecule is CC(=O)Nc1ccc(-c2ccc(O[C@@H]3C[C@H]4CNC[C@H]4C3)nn2)cc1.Cl. The van der Waals surface area contributed by atoms with Crippen molar-refractivity contribution in [3.63, 3.8) is 0 Å².